The van der Waals surface area contributed by atoms with Crippen LogP contribution in [0.4, 0.5) is 0 Å². The van der Waals surface area contributed by atoms with Gasteiger partial charge in [-0.15, -0.1) is 0 Å². The van der Waals surface area contributed by atoms with Crippen molar-refractivity contribution in [3.05, 3.63) is 34.9 Å². The van der Waals surface area contributed by atoms with Crippen LogP contribution in [0.3, 0.4) is 0 Å². The van der Waals surface area contributed by atoms with Crippen LogP contribution in [0.25, 0.3) is 6.08 Å². The number of carbonyl (C=O) groups excluding carboxylic acids is 2. The van der Waals surface area contributed by atoms with Crippen molar-refractivity contribution in [3.8, 4) is 5.75 Å². The first-order chi connectivity index (χ1) is 9.51. The maximum Gasteiger partial charge on any atom is 0.322 e. The number of phenols is 1. The van der Waals surface area contributed by atoms with Gasteiger partial charge in [0.15, 0.2) is 5.78 Å². The Balaban J connectivity index is 1.94. The van der Waals surface area contributed by atoms with Crippen LogP contribution in [0.1, 0.15) is 24.0 Å². The monoisotopic (exact) mass is 275 g/mol. The van der Waals surface area contributed by atoms with E-state index in [0.29, 0.717) is 12.0 Å². The molecule has 0 radical (unpaired) electrons. The number of fused-ring (bicyclic) bond motifs is 1. The fourth-order valence-electron chi connectivity index (χ4n) is 2.23. The molecule has 0 aromatic heterocycles. The number of ether oxygens (including phenoxy) is 1. The van der Waals surface area contributed by atoms with Crippen molar-refractivity contribution < 1.29 is 19.4 Å². The van der Waals surface area contributed by atoms with Gasteiger partial charge >= 0.3 is 5.97 Å². The lowest BCUT2D eigenvalue weighted by atomic mass is 10.0. The van der Waals surface area contributed by atoms with Gasteiger partial charge in [0.2, 0.25) is 0 Å². The Hall–Kier alpha value is -2.14. The van der Waals surface area contributed by atoms with Gasteiger partial charge in [-0.05, 0) is 35.8 Å². The molecule has 0 spiro atoms. The predicted octanol–water partition coefficient (Wildman–Crippen LogP) is 1.18. The Morgan fingerprint density at radius 1 is 1.45 bits per heavy atom. The molecule has 1 aromatic carbocycles. The summed E-state index contributed by atoms with van der Waals surface area (Å²) in [5.41, 5.74) is 8.17. The van der Waals surface area contributed by atoms with E-state index in [-0.39, 0.29) is 24.4 Å². The normalized spacial score (nSPS) is 14.4. The second kappa shape index (κ2) is 5.88. The lowest BCUT2D eigenvalue weighted by Gasteiger charge is -2.08. The van der Waals surface area contributed by atoms with Crippen LogP contribution in [0, 0.1) is 0 Å². The number of ketones is 1. The first kappa shape index (κ1) is 14.3. The van der Waals surface area contributed by atoms with Crippen LogP contribution in [-0.4, -0.2) is 30.0 Å². The largest absolute Gasteiger partial charge is 0.508 e. The number of aromatic hydroxyl groups is 1. The summed E-state index contributed by atoms with van der Waals surface area (Å²) >= 11 is 0. The zero-order valence-electron chi connectivity index (χ0n) is 11.3. The Labute approximate surface area is 117 Å². The quantitative estimate of drug-likeness (QED) is 0.788. The first-order valence-corrected chi connectivity index (χ1v) is 6.40. The fraction of sp³-hybridized carbons (Fsp3) is 0.333. The predicted molar refractivity (Wildman–Crippen MR) is 74.0 cm³/mol. The van der Waals surface area contributed by atoms with Gasteiger partial charge in [-0.2, -0.15) is 0 Å². The molecule has 0 saturated heterocycles. The minimum absolute atomic E-state index is 0.0277. The van der Waals surface area contributed by atoms with E-state index in [0.717, 1.165) is 11.1 Å². The zero-order valence-corrected chi connectivity index (χ0v) is 11.3. The van der Waals surface area contributed by atoms with Gasteiger partial charge in [0, 0.05) is 18.4 Å². The third-order valence-electron chi connectivity index (χ3n) is 3.38. The molecule has 0 aliphatic heterocycles. The van der Waals surface area contributed by atoms with Gasteiger partial charge in [0.25, 0.3) is 0 Å². The molecular weight excluding hydrogens is 258 g/mol. The Morgan fingerprint density at radius 3 is 2.90 bits per heavy atom. The number of carbonyl (C=O) groups is 2. The van der Waals surface area contributed by atoms with Gasteiger partial charge in [0.05, 0.1) is 7.11 Å². The first-order valence-electron chi connectivity index (χ1n) is 6.40. The van der Waals surface area contributed by atoms with Crippen LogP contribution in [0.2, 0.25) is 0 Å². The molecular formula is C15H17NO4. The highest BCUT2D eigenvalue weighted by atomic mass is 16.5. The van der Waals surface area contributed by atoms with E-state index in [1.54, 1.807) is 18.2 Å². The number of allylic oxidation sites excluding steroid dienone is 1. The third kappa shape index (κ3) is 3.05. The standard InChI is InChI=1S/C15H17NO4/c1-20-15(19)13(16)4-5-14(18)11-6-9-2-3-12(17)8-10(9)7-11/h2-3,6,8,13,17H,4-5,7,16H2,1H3. The van der Waals surface area contributed by atoms with Crippen molar-refractivity contribution >= 4 is 17.8 Å². The van der Waals surface area contributed by atoms with Crippen LogP contribution in [0.5, 0.6) is 5.75 Å². The Kier molecular flexibility index (Phi) is 4.20. The van der Waals surface area contributed by atoms with Gasteiger partial charge < -0.3 is 15.6 Å². The molecule has 106 valence electrons. The highest BCUT2D eigenvalue weighted by Crippen LogP contribution is 2.29. The second-order valence-electron chi connectivity index (χ2n) is 4.82. The van der Waals surface area contributed by atoms with Gasteiger partial charge in [-0.25, -0.2) is 0 Å². The van der Waals surface area contributed by atoms with Crippen LogP contribution >= 0.6 is 0 Å². The summed E-state index contributed by atoms with van der Waals surface area (Å²) in [5, 5.41) is 9.41. The van der Waals surface area contributed by atoms with Gasteiger partial charge in [-0.3, -0.25) is 9.59 Å². The van der Waals surface area contributed by atoms with Crippen LogP contribution < -0.4 is 5.73 Å². The molecule has 1 aromatic rings. The van der Waals surface area contributed by atoms with Gasteiger partial charge in [0.1, 0.15) is 11.8 Å². The van der Waals surface area contributed by atoms with E-state index in [9.17, 15) is 14.7 Å². The maximum absolute atomic E-state index is 12.1. The summed E-state index contributed by atoms with van der Waals surface area (Å²) in [6.45, 7) is 0. The zero-order chi connectivity index (χ0) is 14.7. The van der Waals surface area contributed by atoms with Crippen LogP contribution in [-0.2, 0) is 20.7 Å². The van der Waals surface area contributed by atoms with Crippen molar-refractivity contribution in [2.45, 2.75) is 25.3 Å². The highest BCUT2D eigenvalue weighted by Gasteiger charge is 2.21. The number of esters is 1. The van der Waals surface area contributed by atoms with E-state index in [4.69, 9.17) is 5.73 Å². The van der Waals surface area contributed by atoms with Crippen molar-refractivity contribution in [1.82, 2.24) is 0 Å². The lowest BCUT2D eigenvalue weighted by molar-refractivity contribution is -0.142. The number of hydrogen-bond donors (Lipinski definition) is 2. The van der Waals surface area contributed by atoms with Crippen molar-refractivity contribution in [1.29, 1.82) is 0 Å². The average Bonchev–Trinajstić information content (AvgIpc) is 2.86. The average molecular weight is 275 g/mol. The molecule has 1 unspecified atom stereocenters. The minimum Gasteiger partial charge on any atom is -0.508 e. The molecule has 3 N–H and O–H groups in total. The van der Waals surface area contributed by atoms with E-state index in [1.165, 1.54) is 7.11 Å². The third-order valence-corrected chi connectivity index (χ3v) is 3.38. The van der Waals surface area contributed by atoms with Gasteiger partial charge in [-0.1, -0.05) is 6.07 Å². The maximum atomic E-state index is 12.1. The molecule has 2 rings (SSSR count). The van der Waals surface area contributed by atoms with Crippen molar-refractivity contribution in [3.63, 3.8) is 0 Å². The summed E-state index contributed by atoms with van der Waals surface area (Å²) in [5.74, 6) is -0.343. The SMILES string of the molecule is COC(=O)C(N)CCC(=O)C1=Cc2ccc(O)cc2C1. The smallest absolute Gasteiger partial charge is 0.322 e. The Morgan fingerprint density at radius 2 is 2.20 bits per heavy atom. The summed E-state index contributed by atoms with van der Waals surface area (Å²) in [6.07, 6.45) is 2.81. The number of rotatable bonds is 5. The number of benzene rings is 1. The molecule has 5 nitrogen and oxygen atoms in total. The van der Waals surface area contributed by atoms with Crippen molar-refractivity contribution in [2.24, 2.45) is 5.73 Å². The van der Waals surface area contributed by atoms with Crippen LogP contribution in [0.15, 0.2) is 23.8 Å². The fourth-order valence-corrected chi connectivity index (χ4v) is 2.23. The topological polar surface area (TPSA) is 89.6 Å². The summed E-state index contributed by atoms with van der Waals surface area (Å²) in [6, 6.07) is 4.27. The lowest BCUT2D eigenvalue weighted by Crippen LogP contribution is -2.32. The highest BCUT2D eigenvalue weighted by molar-refractivity contribution is 6.02. The number of methoxy groups -OCH3 is 1. The molecule has 1 aliphatic carbocycles. The molecule has 5 heteroatoms. The molecule has 0 heterocycles. The molecule has 0 fully saturated rings. The van der Waals surface area contributed by atoms with E-state index in [1.807, 2.05) is 6.08 Å². The number of hydrogen-bond acceptors (Lipinski definition) is 5. The summed E-state index contributed by atoms with van der Waals surface area (Å²) in [4.78, 5) is 23.2. The molecule has 20 heavy (non-hydrogen) atoms. The molecule has 0 saturated carbocycles. The number of nitrogens with two attached hydrogens (primary N) is 1. The minimum atomic E-state index is -0.766. The molecule has 1 aliphatic rings. The van der Waals surface area contributed by atoms with E-state index < -0.39 is 12.0 Å². The number of phenolic OH excluding ortho intramolecular Hbond substituents is 1. The van der Waals surface area contributed by atoms with E-state index >= 15 is 0 Å². The summed E-state index contributed by atoms with van der Waals surface area (Å²) in [7, 11) is 1.27. The molecule has 0 bridgehead atoms. The Bertz CT molecular complexity index is 577. The summed E-state index contributed by atoms with van der Waals surface area (Å²) < 4.78 is 4.52. The van der Waals surface area contributed by atoms with Crippen molar-refractivity contribution in [2.75, 3.05) is 7.11 Å². The van der Waals surface area contributed by atoms with E-state index in [2.05, 4.69) is 4.74 Å². The second-order valence-corrected chi connectivity index (χ2v) is 4.82. The molecule has 1 atom stereocenters. The molecule has 0 amide bonds. The number of Topliss-reactive ketones (excluding diaryl/α,β-unsaturated/α-hetero) is 1.